The predicted molar refractivity (Wildman–Crippen MR) is 66.8 cm³/mol. The van der Waals surface area contributed by atoms with E-state index in [-0.39, 0.29) is 0 Å². The van der Waals surface area contributed by atoms with Crippen LogP contribution >= 0.6 is 11.8 Å². The van der Waals surface area contributed by atoms with Gasteiger partial charge in [0.05, 0.1) is 5.69 Å². The Balaban J connectivity index is 2.50. The Kier molecular flexibility index (Phi) is 5.68. The molecule has 4 heteroatoms. The third-order valence-electron chi connectivity index (χ3n) is 1.89. The van der Waals surface area contributed by atoms with Gasteiger partial charge in [0.1, 0.15) is 0 Å². The van der Waals surface area contributed by atoms with Crippen molar-refractivity contribution in [2.24, 2.45) is 5.73 Å². The van der Waals surface area contributed by atoms with E-state index in [9.17, 15) is 0 Å². The van der Waals surface area contributed by atoms with Gasteiger partial charge in [-0.05, 0) is 31.8 Å². The number of aromatic nitrogens is 1. The van der Waals surface area contributed by atoms with Crippen LogP contribution in [0.1, 0.15) is 11.3 Å². The van der Waals surface area contributed by atoms with Crippen LogP contribution < -0.4 is 5.73 Å². The average Bonchev–Trinajstić information content (AvgIpc) is 2.18. The van der Waals surface area contributed by atoms with Gasteiger partial charge >= 0.3 is 0 Å². The first-order chi connectivity index (χ1) is 7.22. The van der Waals surface area contributed by atoms with E-state index in [1.807, 2.05) is 18.0 Å². The number of hydrogen-bond acceptors (Lipinski definition) is 4. The first-order valence-corrected chi connectivity index (χ1v) is 6.24. The zero-order chi connectivity index (χ0) is 11.1. The van der Waals surface area contributed by atoms with Crippen LogP contribution in [0.5, 0.6) is 0 Å². The average molecular weight is 225 g/mol. The summed E-state index contributed by atoms with van der Waals surface area (Å²) in [6.07, 6.45) is 1.89. The zero-order valence-corrected chi connectivity index (χ0v) is 10.3. The van der Waals surface area contributed by atoms with Gasteiger partial charge in [0.15, 0.2) is 0 Å². The standard InChI is InChI=1S/C11H19N3S/c1-14(2)8-10-3-5-13-11(7-10)9-15-6-4-12/h3,5,7H,4,6,8-9,12H2,1-2H3. The van der Waals surface area contributed by atoms with E-state index < -0.39 is 0 Å². The van der Waals surface area contributed by atoms with Crippen LogP contribution in [0.4, 0.5) is 0 Å². The van der Waals surface area contributed by atoms with Crippen molar-refractivity contribution in [1.29, 1.82) is 0 Å². The van der Waals surface area contributed by atoms with Gasteiger partial charge in [-0.3, -0.25) is 4.98 Å². The molecule has 1 heterocycles. The highest BCUT2D eigenvalue weighted by molar-refractivity contribution is 7.98. The highest BCUT2D eigenvalue weighted by atomic mass is 32.2. The quantitative estimate of drug-likeness (QED) is 0.742. The minimum atomic E-state index is 0.738. The van der Waals surface area contributed by atoms with E-state index in [2.05, 4.69) is 36.1 Å². The van der Waals surface area contributed by atoms with Crippen molar-refractivity contribution < 1.29 is 0 Å². The first kappa shape index (κ1) is 12.5. The summed E-state index contributed by atoms with van der Waals surface area (Å²) in [6.45, 7) is 1.71. The van der Waals surface area contributed by atoms with Gasteiger partial charge < -0.3 is 10.6 Å². The SMILES string of the molecule is CN(C)Cc1ccnc(CSCCN)c1. The van der Waals surface area contributed by atoms with Gasteiger partial charge in [0.2, 0.25) is 0 Å². The summed E-state index contributed by atoms with van der Waals surface area (Å²) in [7, 11) is 4.15. The van der Waals surface area contributed by atoms with E-state index in [0.717, 1.165) is 30.3 Å². The summed E-state index contributed by atoms with van der Waals surface area (Å²) < 4.78 is 0. The van der Waals surface area contributed by atoms with Crippen LogP contribution in [0.15, 0.2) is 18.3 Å². The van der Waals surface area contributed by atoms with Crippen LogP contribution in [0.2, 0.25) is 0 Å². The van der Waals surface area contributed by atoms with E-state index in [1.165, 1.54) is 5.56 Å². The molecule has 0 spiro atoms. The number of rotatable bonds is 6. The molecule has 0 fully saturated rings. The fourth-order valence-corrected chi connectivity index (χ4v) is 2.01. The second-order valence-electron chi connectivity index (χ2n) is 3.73. The largest absolute Gasteiger partial charge is 0.330 e. The molecule has 0 saturated carbocycles. The maximum absolute atomic E-state index is 5.44. The van der Waals surface area contributed by atoms with Gasteiger partial charge in [-0.25, -0.2) is 0 Å². The summed E-state index contributed by atoms with van der Waals surface area (Å²) in [5.74, 6) is 1.96. The molecule has 1 aromatic rings. The third-order valence-corrected chi connectivity index (χ3v) is 2.92. The Labute approximate surface area is 96.1 Å². The molecule has 0 aliphatic heterocycles. The highest BCUT2D eigenvalue weighted by Gasteiger charge is 1.99. The minimum Gasteiger partial charge on any atom is -0.330 e. The lowest BCUT2D eigenvalue weighted by Crippen LogP contribution is -2.11. The van der Waals surface area contributed by atoms with Crippen LogP contribution in [-0.4, -0.2) is 36.3 Å². The van der Waals surface area contributed by atoms with Crippen molar-refractivity contribution in [3.05, 3.63) is 29.6 Å². The molecule has 1 aromatic heterocycles. The van der Waals surface area contributed by atoms with Crippen LogP contribution in [0.3, 0.4) is 0 Å². The zero-order valence-electron chi connectivity index (χ0n) is 9.44. The van der Waals surface area contributed by atoms with Gasteiger partial charge in [-0.15, -0.1) is 0 Å². The van der Waals surface area contributed by atoms with Gasteiger partial charge in [-0.2, -0.15) is 11.8 Å². The second kappa shape index (κ2) is 6.82. The predicted octanol–water partition coefficient (Wildman–Crippen LogP) is 1.34. The number of thioether (sulfide) groups is 1. The molecular formula is C11H19N3S. The fourth-order valence-electron chi connectivity index (χ4n) is 1.33. The molecule has 0 bridgehead atoms. The van der Waals surface area contributed by atoms with Crippen molar-refractivity contribution in [3.8, 4) is 0 Å². The normalized spacial score (nSPS) is 10.9. The van der Waals surface area contributed by atoms with Gasteiger partial charge in [-0.1, -0.05) is 0 Å². The van der Waals surface area contributed by atoms with E-state index in [1.54, 1.807) is 0 Å². The number of pyridine rings is 1. The molecule has 3 nitrogen and oxygen atoms in total. The van der Waals surface area contributed by atoms with Crippen LogP contribution in [-0.2, 0) is 12.3 Å². The summed E-state index contributed by atoms with van der Waals surface area (Å²) in [5, 5.41) is 0. The smallest absolute Gasteiger partial charge is 0.0505 e. The highest BCUT2D eigenvalue weighted by Crippen LogP contribution is 2.11. The van der Waals surface area contributed by atoms with Gasteiger partial charge in [0, 0.05) is 30.8 Å². The second-order valence-corrected chi connectivity index (χ2v) is 4.84. The summed E-state index contributed by atoms with van der Waals surface area (Å²) in [5.41, 5.74) is 7.90. The van der Waals surface area contributed by atoms with Crippen molar-refractivity contribution >= 4 is 11.8 Å². The summed E-state index contributed by atoms with van der Waals surface area (Å²) in [4.78, 5) is 6.50. The third kappa shape index (κ3) is 5.16. The molecule has 0 aliphatic rings. The first-order valence-electron chi connectivity index (χ1n) is 5.08. The van der Waals surface area contributed by atoms with E-state index in [0.29, 0.717) is 0 Å². The molecule has 84 valence electrons. The van der Waals surface area contributed by atoms with E-state index in [4.69, 9.17) is 5.73 Å². The minimum absolute atomic E-state index is 0.738. The summed E-state index contributed by atoms with van der Waals surface area (Å²) in [6, 6.07) is 4.24. The lowest BCUT2D eigenvalue weighted by atomic mass is 10.2. The molecular weight excluding hydrogens is 206 g/mol. The van der Waals surface area contributed by atoms with Crippen LogP contribution in [0, 0.1) is 0 Å². The molecule has 0 aromatic carbocycles. The van der Waals surface area contributed by atoms with Crippen molar-refractivity contribution in [2.75, 3.05) is 26.4 Å². The molecule has 1 rings (SSSR count). The Hall–Kier alpha value is -0.580. The number of nitrogens with zero attached hydrogens (tertiary/aromatic N) is 2. The molecule has 15 heavy (non-hydrogen) atoms. The Bertz CT molecular complexity index is 289. The monoisotopic (exact) mass is 225 g/mol. The Morgan fingerprint density at radius 3 is 2.93 bits per heavy atom. The topological polar surface area (TPSA) is 42.2 Å². The number of hydrogen-bond donors (Lipinski definition) is 1. The molecule has 0 amide bonds. The number of nitrogens with two attached hydrogens (primary N) is 1. The van der Waals surface area contributed by atoms with Crippen molar-refractivity contribution in [2.45, 2.75) is 12.3 Å². The molecule has 0 unspecified atom stereocenters. The van der Waals surface area contributed by atoms with Crippen LogP contribution in [0.25, 0.3) is 0 Å². The Morgan fingerprint density at radius 1 is 1.47 bits per heavy atom. The maximum Gasteiger partial charge on any atom is 0.0505 e. The molecule has 0 atom stereocenters. The van der Waals surface area contributed by atoms with Crippen molar-refractivity contribution in [3.63, 3.8) is 0 Å². The molecule has 2 N–H and O–H groups in total. The maximum atomic E-state index is 5.44. The van der Waals surface area contributed by atoms with Crippen molar-refractivity contribution in [1.82, 2.24) is 9.88 Å². The molecule has 0 radical (unpaired) electrons. The fraction of sp³-hybridized carbons (Fsp3) is 0.545. The lowest BCUT2D eigenvalue weighted by molar-refractivity contribution is 0.402. The van der Waals surface area contributed by atoms with E-state index >= 15 is 0 Å². The lowest BCUT2D eigenvalue weighted by Gasteiger charge is -2.10. The molecule has 0 aliphatic carbocycles. The summed E-state index contributed by atoms with van der Waals surface area (Å²) >= 11 is 1.83. The molecule has 0 saturated heterocycles. The van der Waals surface area contributed by atoms with Gasteiger partial charge in [0.25, 0.3) is 0 Å². The Morgan fingerprint density at radius 2 is 2.27 bits per heavy atom.